The van der Waals surface area contributed by atoms with Crippen molar-refractivity contribution >= 4 is 21.7 Å². The number of aryl methyl sites for hydroxylation is 1. The van der Waals surface area contributed by atoms with E-state index in [1.807, 2.05) is 43.3 Å². The number of amides is 1. The molecule has 4 rings (SSSR count). The predicted molar refractivity (Wildman–Crippen MR) is 115 cm³/mol. The SMILES string of the molecule is Cc1cc(NC(=O)C2CCCN(S(=O)(=O)c3ccccc3)C2)n(-c2ccccc2)n1. The summed E-state index contributed by atoms with van der Waals surface area (Å²) < 4.78 is 29.0. The summed E-state index contributed by atoms with van der Waals surface area (Å²) in [5.74, 6) is -0.0385. The number of sulfonamides is 1. The van der Waals surface area contributed by atoms with Crippen LogP contribution >= 0.6 is 0 Å². The molecule has 0 spiro atoms. The zero-order chi connectivity index (χ0) is 21.1. The topological polar surface area (TPSA) is 84.3 Å². The number of hydrogen-bond donors (Lipinski definition) is 1. The van der Waals surface area contributed by atoms with Crippen LogP contribution in [0.2, 0.25) is 0 Å². The monoisotopic (exact) mass is 424 g/mol. The van der Waals surface area contributed by atoms with E-state index < -0.39 is 15.9 Å². The van der Waals surface area contributed by atoms with Gasteiger partial charge in [0.15, 0.2) is 0 Å². The molecule has 1 aromatic heterocycles. The zero-order valence-electron chi connectivity index (χ0n) is 16.7. The van der Waals surface area contributed by atoms with Gasteiger partial charge in [-0.25, -0.2) is 13.1 Å². The van der Waals surface area contributed by atoms with Gasteiger partial charge in [0, 0.05) is 19.2 Å². The fraction of sp³-hybridized carbons (Fsp3) is 0.273. The van der Waals surface area contributed by atoms with Crippen molar-refractivity contribution in [3.8, 4) is 5.69 Å². The highest BCUT2D eigenvalue weighted by atomic mass is 32.2. The lowest BCUT2D eigenvalue weighted by molar-refractivity contribution is -0.120. The van der Waals surface area contributed by atoms with E-state index in [9.17, 15) is 13.2 Å². The molecular weight excluding hydrogens is 400 g/mol. The van der Waals surface area contributed by atoms with E-state index in [-0.39, 0.29) is 17.3 Å². The van der Waals surface area contributed by atoms with Crippen LogP contribution in [0.15, 0.2) is 71.6 Å². The summed E-state index contributed by atoms with van der Waals surface area (Å²) in [4.78, 5) is 13.2. The first kappa shape index (κ1) is 20.3. The van der Waals surface area contributed by atoms with Gasteiger partial charge in [-0.2, -0.15) is 9.40 Å². The molecule has 2 aromatic carbocycles. The van der Waals surface area contributed by atoms with Crippen molar-refractivity contribution in [2.24, 2.45) is 5.92 Å². The maximum atomic E-state index is 13.0. The van der Waals surface area contributed by atoms with Crippen molar-refractivity contribution in [2.75, 3.05) is 18.4 Å². The van der Waals surface area contributed by atoms with Crippen molar-refractivity contribution in [1.29, 1.82) is 0 Å². The van der Waals surface area contributed by atoms with Crippen LogP contribution in [0.5, 0.6) is 0 Å². The van der Waals surface area contributed by atoms with E-state index >= 15 is 0 Å². The van der Waals surface area contributed by atoms with Gasteiger partial charge in [-0.1, -0.05) is 36.4 Å². The highest BCUT2D eigenvalue weighted by Gasteiger charge is 2.33. The van der Waals surface area contributed by atoms with Crippen LogP contribution in [-0.4, -0.2) is 41.5 Å². The summed E-state index contributed by atoms with van der Waals surface area (Å²) in [5.41, 5.74) is 1.63. The molecule has 1 saturated heterocycles. The fourth-order valence-electron chi connectivity index (χ4n) is 3.70. The van der Waals surface area contributed by atoms with Gasteiger partial charge in [0.05, 0.1) is 22.2 Å². The Balaban J connectivity index is 1.51. The van der Waals surface area contributed by atoms with Gasteiger partial charge >= 0.3 is 0 Å². The van der Waals surface area contributed by atoms with Crippen LogP contribution in [0.1, 0.15) is 18.5 Å². The van der Waals surface area contributed by atoms with Gasteiger partial charge in [0.2, 0.25) is 15.9 Å². The number of para-hydroxylation sites is 1. The Labute approximate surface area is 176 Å². The molecule has 0 bridgehead atoms. The van der Waals surface area contributed by atoms with Crippen molar-refractivity contribution < 1.29 is 13.2 Å². The Bertz CT molecular complexity index is 1130. The second-order valence-corrected chi connectivity index (χ2v) is 9.36. The number of anilines is 1. The molecule has 8 heteroatoms. The fourth-order valence-corrected chi connectivity index (χ4v) is 5.24. The molecule has 7 nitrogen and oxygen atoms in total. The molecule has 0 saturated carbocycles. The minimum absolute atomic E-state index is 0.168. The Morgan fingerprint density at radius 1 is 1.07 bits per heavy atom. The molecule has 1 aliphatic rings. The first-order valence-corrected chi connectivity index (χ1v) is 11.4. The van der Waals surface area contributed by atoms with Crippen molar-refractivity contribution in [3.63, 3.8) is 0 Å². The molecule has 30 heavy (non-hydrogen) atoms. The van der Waals surface area contributed by atoms with Crippen LogP contribution in [0.3, 0.4) is 0 Å². The molecule has 1 amide bonds. The first-order valence-electron chi connectivity index (χ1n) is 9.93. The normalized spacial score (nSPS) is 17.6. The van der Waals surface area contributed by atoms with Gasteiger partial charge in [-0.05, 0) is 44.0 Å². The Morgan fingerprint density at radius 2 is 1.73 bits per heavy atom. The van der Waals surface area contributed by atoms with Crippen LogP contribution in [0, 0.1) is 12.8 Å². The number of rotatable bonds is 5. The molecule has 1 N–H and O–H groups in total. The summed E-state index contributed by atoms with van der Waals surface area (Å²) in [6.45, 7) is 2.45. The number of aromatic nitrogens is 2. The van der Waals surface area contributed by atoms with Crippen LogP contribution in [0.4, 0.5) is 5.82 Å². The van der Waals surface area contributed by atoms with E-state index in [0.717, 1.165) is 11.4 Å². The van der Waals surface area contributed by atoms with Crippen LogP contribution < -0.4 is 5.32 Å². The summed E-state index contributed by atoms with van der Waals surface area (Å²) in [6, 6.07) is 19.7. The third-order valence-corrected chi connectivity index (χ3v) is 7.10. The Hall–Kier alpha value is -2.97. The maximum Gasteiger partial charge on any atom is 0.243 e. The molecule has 0 radical (unpaired) electrons. The average molecular weight is 425 g/mol. The third kappa shape index (κ3) is 4.15. The number of piperidine rings is 1. The molecular formula is C22H24N4O3S. The minimum atomic E-state index is -3.61. The molecule has 1 unspecified atom stereocenters. The highest BCUT2D eigenvalue weighted by molar-refractivity contribution is 7.89. The van der Waals surface area contributed by atoms with Gasteiger partial charge in [0.1, 0.15) is 5.82 Å². The third-order valence-electron chi connectivity index (χ3n) is 5.22. The summed E-state index contributed by atoms with van der Waals surface area (Å²) in [7, 11) is -3.61. The zero-order valence-corrected chi connectivity index (χ0v) is 17.5. The maximum absolute atomic E-state index is 13.0. The lowest BCUT2D eigenvalue weighted by Gasteiger charge is -2.31. The Kier molecular flexibility index (Phi) is 5.69. The van der Waals surface area contributed by atoms with E-state index in [4.69, 9.17) is 0 Å². The smallest absolute Gasteiger partial charge is 0.243 e. The second-order valence-electron chi connectivity index (χ2n) is 7.42. The number of nitrogens with zero attached hydrogens (tertiary/aromatic N) is 3. The Morgan fingerprint density at radius 3 is 2.43 bits per heavy atom. The second kappa shape index (κ2) is 8.41. The van der Waals surface area contributed by atoms with Crippen LogP contribution in [0.25, 0.3) is 5.69 Å². The largest absolute Gasteiger partial charge is 0.310 e. The van der Waals surface area contributed by atoms with E-state index in [1.165, 1.54) is 4.31 Å². The number of carbonyl (C=O) groups excluding carboxylic acids is 1. The minimum Gasteiger partial charge on any atom is -0.310 e. The van der Waals surface area contributed by atoms with Crippen LogP contribution in [-0.2, 0) is 14.8 Å². The number of nitrogens with one attached hydrogen (secondary N) is 1. The number of benzene rings is 2. The number of hydrogen-bond acceptors (Lipinski definition) is 4. The molecule has 0 aliphatic carbocycles. The van der Waals surface area contributed by atoms with Crippen molar-refractivity contribution in [2.45, 2.75) is 24.7 Å². The quantitative estimate of drug-likeness (QED) is 0.682. The highest BCUT2D eigenvalue weighted by Crippen LogP contribution is 2.25. The lowest BCUT2D eigenvalue weighted by Crippen LogP contribution is -2.43. The molecule has 1 atom stereocenters. The predicted octanol–water partition coefficient (Wildman–Crippen LogP) is 3.22. The van der Waals surface area contributed by atoms with E-state index in [0.29, 0.717) is 25.2 Å². The van der Waals surface area contributed by atoms with E-state index in [1.54, 1.807) is 35.0 Å². The average Bonchev–Trinajstić information content (AvgIpc) is 3.15. The molecule has 1 fully saturated rings. The summed E-state index contributed by atoms with van der Waals surface area (Å²) in [5, 5.41) is 7.42. The number of carbonyl (C=O) groups is 1. The van der Waals surface area contributed by atoms with Crippen molar-refractivity contribution in [3.05, 3.63) is 72.4 Å². The van der Waals surface area contributed by atoms with E-state index in [2.05, 4.69) is 10.4 Å². The molecule has 3 aromatic rings. The lowest BCUT2D eigenvalue weighted by atomic mass is 9.99. The molecule has 156 valence electrons. The van der Waals surface area contributed by atoms with Gasteiger partial charge in [-0.15, -0.1) is 0 Å². The van der Waals surface area contributed by atoms with Gasteiger partial charge in [-0.3, -0.25) is 4.79 Å². The van der Waals surface area contributed by atoms with Gasteiger partial charge in [0.25, 0.3) is 0 Å². The molecule has 2 heterocycles. The first-order chi connectivity index (χ1) is 14.4. The summed E-state index contributed by atoms with van der Waals surface area (Å²) in [6.07, 6.45) is 1.28. The van der Waals surface area contributed by atoms with Gasteiger partial charge < -0.3 is 5.32 Å². The standard InChI is InChI=1S/C22H24N4O3S/c1-17-15-21(26(24-17)19-10-4-2-5-11-19)23-22(27)18-9-8-14-25(16-18)30(28,29)20-12-6-3-7-13-20/h2-7,10-13,15,18H,8-9,14,16H2,1H3,(H,23,27). The van der Waals surface area contributed by atoms with Crippen molar-refractivity contribution in [1.82, 2.24) is 14.1 Å². The summed E-state index contributed by atoms with van der Waals surface area (Å²) >= 11 is 0. The molecule has 1 aliphatic heterocycles.